The summed E-state index contributed by atoms with van der Waals surface area (Å²) in [6, 6.07) is 10.6. The maximum Gasteiger partial charge on any atom is 0.229 e. The first-order valence-electron chi connectivity index (χ1n) is 9.04. The molecule has 1 amide bonds. The van der Waals surface area contributed by atoms with Crippen molar-refractivity contribution in [1.82, 2.24) is 15.2 Å². The van der Waals surface area contributed by atoms with Crippen LogP contribution in [0.1, 0.15) is 29.0 Å². The van der Waals surface area contributed by atoms with Crippen LogP contribution in [0.4, 0.5) is 5.13 Å². The molecule has 0 saturated carbocycles. The normalized spacial score (nSPS) is 18.7. The molecule has 1 aromatic carbocycles. The van der Waals surface area contributed by atoms with Gasteiger partial charge in [-0.2, -0.15) is 0 Å². The predicted molar refractivity (Wildman–Crippen MR) is 101 cm³/mol. The number of rotatable bonds is 4. The fourth-order valence-electron chi connectivity index (χ4n) is 3.57. The van der Waals surface area contributed by atoms with Gasteiger partial charge in [0.25, 0.3) is 0 Å². The highest BCUT2D eigenvalue weighted by atomic mass is 32.1. The molecule has 3 heterocycles. The number of carbonyl (C=O) groups excluding carboxylic acids is 1. The summed E-state index contributed by atoms with van der Waals surface area (Å²) in [5, 5.41) is 7.13. The Balaban J connectivity index is 1.38. The number of hydrogen-bond donors (Lipinski definition) is 2. The van der Waals surface area contributed by atoms with E-state index in [1.54, 1.807) is 11.3 Å². The molecule has 2 aromatic rings. The van der Waals surface area contributed by atoms with E-state index >= 15 is 0 Å². The summed E-state index contributed by atoms with van der Waals surface area (Å²) in [6.07, 6.45) is 2.80. The lowest BCUT2D eigenvalue weighted by Crippen LogP contribution is -2.34. The van der Waals surface area contributed by atoms with Gasteiger partial charge in [-0.25, -0.2) is 4.98 Å². The van der Waals surface area contributed by atoms with Gasteiger partial charge in [0, 0.05) is 36.9 Å². The Morgan fingerprint density at radius 3 is 2.88 bits per heavy atom. The van der Waals surface area contributed by atoms with E-state index in [0.29, 0.717) is 0 Å². The van der Waals surface area contributed by atoms with Crippen LogP contribution in [0.2, 0.25) is 0 Å². The van der Waals surface area contributed by atoms with Gasteiger partial charge in [0.05, 0.1) is 5.69 Å². The van der Waals surface area contributed by atoms with Crippen molar-refractivity contribution in [2.75, 3.05) is 25.0 Å². The highest BCUT2D eigenvalue weighted by Crippen LogP contribution is 2.29. The highest BCUT2D eigenvalue weighted by molar-refractivity contribution is 7.15. The van der Waals surface area contributed by atoms with Crippen LogP contribution >= 0.6 is 11.3 Å². The van der Waals surface area contributed by atoms with Crippen molar-refractivity contribution < 1.29 is 4.79 Å². The van der Waals surface area contributed by atoms with Crippen LogP contribution in [-0.2, 0) is 24.3 Å². The second-order valence-corrected chi connectivity index (χ2v) is 7.93. The minimum atomic E-state index is 0.122. The lowest BCUT2D eigenvalue weighted by Gasteiger charge is -2.25. The summed E-state index contributed by atoms with van der Waals surface area (Å²) in [4.78, 5) is 20.8. The van der Waals surface area contributed by atoms with Crippen LogP contribution in [-0.4, -0.2) is 35.4 Å². The molecule has 5 nitrogen and oxygen atoms in total. The summed E-state index contributed by atoms with van der Waals surface area (Å²) in [7, 11) is 0. The zero-order valence-electron chi connectivity index (χ0n) is 14.3. The fraction of sp³-hybridized carbons (Fsp3) is 0.474. The predicted octanol–water partition coefficient (Wildman–Crippen LogP) is 2.64. The number of benzene rings is 1. The lowest BCUT2D eigenvalue weighted by molar-refractivity contribution is -0.120. The Kier molecular flexibility index (Phi) is 5.10. The van der Waals surface area contributed by atoms with Crippen LogP contribution < -0.4 is 10.6 Å². The molecule has 1 aromatic heterocycles. The topological polar surface area (TPSA) is 57.3 Å². The Hall–Kier alpha value is -1.76. The third kappa shape index (κ3) is 4.08. The van der Waals surface area contributed by atoms with Crippen molar-refractivity contribution in [3.63, 3.8) is 0 Å². The van der Waals surface area contributed by atoms with Gasteiger partial charge in [0.1, 0.15) is 0 Å². The maximum absolute atomic E-state index is 12.4. The Morgan fingerprint density at radius 1 is 1.28 bits per heavy atom. The quantitative estimate of drug-likeness (QED) is 0.884. The minimum Gasteiger partial charge on any atom is -0.317 e. The molecule has 2 aliphatic rings. The van der Waals surface area contributed by atoms with E-state index in [4.69, 9.17) is 0 Å². The summed E-state index contributed by atoms with van der Waals surface area (Å²) in [5.41, 5.74) is 2.50. The third-order valence-electron chi connectivity index (χ3n) is 5.00. The highest BCUT2D eigenvalue weighted by Gasteiger charge is 2.24. The van der Waals surface area contributed by atoms with Gasteiger partial charge in [-0.05, 0) is 31.5 Å². The zero-order valence-corrected chi connectivity index (χ0v) is 15.1. The molecule has 2 N–H and O–H groups in total. The molecule has 0 spiro atoms. The smallest absolute Gasteiger partial charge is 0.229 e. The van der Waals surface area contributed by atoms with Gasteiger partial charge in [0.2, 0.25) is 5.91 Å². The molecule has 132 valence electrons. The first kappa shape index (κ1) is 16.7. The van der Waals surface area contributed by atoms with Crippen molar-refractivity contribution in [3.05, 3.63) is 46.5 Å². The van der Waals surface area contributed by atoms with Crippen LogP contribution in [0.5, 0.6) is 0 Å². The summed E-state index contributed by atoms with van der Waals surface area (Å²) < 4.78 is 0. The first-order chi connectivity index (χ1) is 12.3. The number of anilines is 1. The summed E-state index contributed by atoms with van der Waals surface area (Å²) in [5.74, 6) is 0.255. The van der Waals surface area contributed by atoms with E-state index in [0.717, 1.165) is 62.8 Å². The number of fused-ring (bicyclic) bond motifs is 1. The standard InChI is InChI=1S/C19H24N4OS/c24-18(15-6-9-20-10-7-15)22-19-21-16-8-11-23(13-17(16)25-19)12-14-4-2-1-3-5-14/h1-5,15,20H,6-13H2,(H,21,22,24). The SMILES string of the molecule is O=C(Nc1nc2c(s1)CN(Cc1ccccc1)CC2)C1CCNCC1. The van der Waals surface area contributed by atoms with Crippen molar-refractivity contribution in [3.8, 4) is 0 Å². The molecule has 2 aliphatic heterocycles. The van der Waals surface area contributed by atoms with E-state index < -0.39 is 0 Å². The Labute approximate surface area is 152 Å². The molecule has 6 heteroatoms. The van der Waals surface area contributed by atoms with Crippen LogP contribution in [0.25, 0.3) is 0 Å². The molecule has 1 saturated heterocycles. The van der Waals surface area contributed by atoms with Crippen LogP contribution in [0, 0.1) is 5.92 Å². The van der Waals surface area contributed by atoms with E-state index in [2.05, 4.69) is 50.8 Å². The number of aromatic nitrogens is 1. The second-order valence-electron chi connectivity index (χ2n) is 6.85. The second kappa shape index (κ2) is 7.64. The number of nitrogens with one attached hydrogen (secondary N) is 2. The Bertz CT molecular complexity index is 724. The number of amides is 1. The average molecular weight is 356 g/mol. The summed E-state index contributed by atoms with van der Waals surface area (Å²) >= 11 is 1.64. The fourth-order valence-corrected chi connectivity index (χ4v) is 4.62. The van der Waals surface area contributed by atoms with E-state index in [-0.39, 0.29) is 11.8 Å². The molecule has 0 bridgehead atoms. The number of thiazole rings is 1. The number of nitrogens with zero attached hydrogens (tertiary/aromatic N) is 2. The number of carbonyl (C=O) groups is 1. The van der Waals surface area contributed by atoms with Gasteiger partial charge in [-0.1, -0.05) is 30.3 Å². The lowest BCUT2D eigenvalue weighted by atomic mass is 9.97. The van der Waals surface area contributed by atoms with Gasteiger partial charge in [-0.15, -0.1) is 11.3 Å². The molecule has 0 aliphatic carbocycles. The van der Waals surface area contributed by atoms with Gasteiger partial charge < -0.3 is 10.6 Å². The molecule has 25 heavy (non-hydrogen) atoms. The molecular formula is C19H24N4OS. The number of hydrogen-bond acceptors (Lipinski definition) is 5. The van der Waals surface area contributed by atoms with Crippen molar-refractivity contribution in [1.29, 1.82) is 0 Å². The molecular weight excluding hydrogens is 332 g/mol. The molecule has 1 fully saturated rings. The molecule has 0 radical (unpaired) electrons. The molecule has 0 atom stereocenters. The first-order valence-corrected chi connectivity index (χ1v) is 9.86. The monoisotopic (exact) mass is 356 g/mol. The number of piperidine rings is 1. The zero-order chi connectivity index (χ0) is 17.1. The van der Waals surface area contributed by atoms with Crippen molar-refractivity contribution in [2.45, 2.75) is 32.4 Å². The van der Waals surface area contributed by atoms with Crippen molar-refractivity contribution in [2.24, 2.45) is 5.92 Å². The van der Waals surface area contributed by atoms with Gasteiger partial charge in [-0.3, -0.25) is 9.69 Å². The molecule has 0 unspecified atom stereocenters. The van der Waals surface area contributed by atoms with Gasteiger partial charge in [0.15, 0.2) is 5.13 Å². The minimum absolute atomic E-state index is 0.122. The molecule has 4 rings (SSSR count). The average Bonchev–Trinajstić information content (AvgIpc) is 3.05. The van der Waals surface area contributed by atoms with Gasteiger partial charge >= 0.3 is 0 Å². The maximum atomic E-state index is 12.4. The third-order valence-corrected chi connectivity index (χ3v) is 6.00. The van der Waals surface area contributed by atoms with Crippen LogP contribution in [0.3, 0.4) is 0 Å². The van der Waals surface area contributed by atoms with Crippen molar-refractivity contribution >= 4 is 22.4 Å². The Morgan fingerprint density at radius 2 is 2.08 bits per heavy atom. The summed E-state index contributed by atoms with van der Waals surface area (Å²) in [6.45, 7) is 4.77. The largest absolute Gasteiger partial charge is 0.317 e. The van der Waals surface area contributed by atoms with E-state index in [1.165, 1.54) is 10.4 Å². The van der Waals surface area contributed by atoms with E-state index in [9.17, 15) is 4.79 Å². The van der Waals surface area contributed by atoms with E-state index in [1.807, 2.05) is 0 Å². The van der Waals surface area contributed by atoms with Crippen LogP contribution in [0.15, 0.2) is 30.3 Å².